The van der Waals surface area contributed by atoms with Crippen LogP contribution in [0.5, 0.6) is 0 Å². The highest BCUT2D eigenvalue weighted by molar-refractivity contribution is 5.75. The third kappa shape index (κ3) is 1.08. The van der Waals surface area contributed by atoms with Crippen LogP contribution in [0, 0.1) is 5.41 Å². The van der Waals surface area contributed by atoms with Crippen molar-refractivity contribution in [3.8, 4) is 0 Å². The van der Waals surface area contributed by atoms with E-state index in [1.54, 1.807) is 0 Å². The third-order valence-electron chi connectivity index (χ3n) is 2.44. The second kappa shape index (κ2) is 2.39. The second-order valence-electron chi connectivity index (χ2n) is 3.58. The molecule has 1 aliphatic rings. The molecular weight excluding hydrogens is 168 g/mol. The third-order valence-corrected chi connectivity index (χ3v) is 2.44. The first-order valence-corrected chi connectivity index (χ1v) is 3.63. The highest BCUT2D eigenvalue weighted by atomic mass is 19.3. The predicted molar refractivity (Wildman–Crippen MR) is 38.2 cm³/mol. The Labute approximate surface area is 68.8 Å². The quantitative estimate of drug-likeness (QED) is 0.623. The van der Waals surface area contributed by atoms with Crippen molar-refractivity contribution < 1.29 is 18.7 Å². The first-order chi connectivity index (χ1) is 5.29. The van der Waals surface area contributed by atoms with Crippen LogP contribution in [-0.4, -0.2) is 29.6 Å². The highest BCUT2D eigenvalue weighted by Gasteiger charge is 2.59. The minimum Gasteiger partial charge on any atom is -0.480 e. The van der Waals surface area contributed by atoms with Crippen LogP contribution in [0.1, 0.15) is 13.8 Å². The number of carbonyl (C=O) groups is 1. The topological polar surface area (TPSA) is 49.3 Å². The summed E-state index contributed by atoms with van der Waals surface area (Å²) in [5.41, 5.74) is -1.52. The van der Waals surface area contributed by atoms with Crippen LogP contribution in [-0.2, 0) is 4.79 Å². The Balaban J connectivity index is 2.93. The maximum Gasteiger partial charge on any atom is 0.321 e. The Morgan fingerprint density at radius 1 is 1.58 bits per heavy atom. The van der Waals surface area contributed by atoms with E-state index in [4.69, 9.17) is 5.11 Å². The average Bonchev–Trinajstić information content (AvgIpc) is 2.03. The molecule has 2 N–H and O–H groups in total. The number of hydrogen-bond acceptors (Lipinski definition) is 2. The lowest BCUT2D eigenvalue weighted by Crippen LogP contribution is -2.44. The molecule has 0 aromatic heterocycles. The van der Waals surface area contributed by atoms with E-state index in [9.17, 15) is 13.6 Å². The lowest BCUT2D eigenvalue weighted by Gasteiger charge is -2.28. The molecule has 1 aliphatic heterocycles. The van der Waals surface area contributed by atoms with Gasteiger partial charge in [-0.2, -0.15) is 0 Å². The van der Waals surface area contributed by atoms with E-state index in [-0.39, 0.29) is 0 Å². The van der Waals surface area contributed by atoms with Gasteiger partial charge in [0.1, 0.15) is 6.04 Å². The van der Waals surface area contributed by atoms with Gasteiger partial charge in [0, 0.05) is 0 Å². The molecule has 12 heavy (non-hydrogen) atoms. The van der Waals surface area contributed by atoms with Gasteiger partial charge in [-0.3, -0.25) is 10.1 Å². The summed E-state index contributed by atoms with van der Waals surface area (Å²) in [5, 5.41) is 10.9. The van der Waals surface area contributed by atoms with Gasteiger partial charge in [-0.15, -0.1) is 0 Å². The Hall–Kier alpha value is -0.710. The van der Waals surface area contributed by atoms with Crippen LogP contribution >= 0.6 is 0 Å². The molecule has 0 saturated carbocycles. The molecule has 0 spiro atoms. The molecule has 0 bridgehead atoms. The Kier molecular flexibility index (Phi) is 1.87. The van der Waals surface area contributed by atoms with Crippen molar-refractivity contribution in [3.63, 3.8) is 0 Å². The summed E-state index contributed by atoms with van der Waals surface area (Å²) < 4.78 is 26.0. The van der Waals surface area contributed by atoms with Gasteiger partial charge in [0.05, 0.1) is 12.0 Å². The minimum absolute atomic E-state index is 0.559. The van der Waals surface area contributed by atoms with Crippen molar-refractivity contribution in [3.05, 3.63) is 0 Å². The fourth-order valence-corrected chi connectivity index (χ4v) is 1.32. The van der Waals surface area contributed by atoms with Crippen LogP contribution in [0.3, 0.4) is 0 Å². The van der Waals surface area contributed by atoms with E-state index in [0.717, 1.165) is 0 Å². The summed E-state index contributed by atoms with van der Waals surface area (Å²) in [7, 11) is 0. The molecule has 0 amide bonds. The molecule has 1 atom stereocenters. The van der Waals surface area contributed by atoms with E-state index in [1.807, 2.05) is 0 Å². The molecule has 1 fully saturated rings. The van der Waals surface area contributed by atoms with Crippen LogP contribution in [0.4, 0.5) is 8.78 Å². The SMILES string of the molecule is CC1(C)[C@@H](C(=O)O)NCC1(F)F. The highest BCUT2D eigenvalue weighted by Crippen LogP contribution is 2.43. The van der Waals surface area contributed by atoms with Crippen molar-refractivity contribution in [2.45, 2.75) is 25.8 Å². The normalized spacial score (nSPS) is 31.8. The fourth-order valence-electron chi connectivity index (χ4n) is 1.32. The van der Waals surface area contributed by atoms with E-state index in [1.165, 1.54) is 13.8 Å². The van der Waals surface area contributed by atoms with E-state index >= 15 is 0 Å². The van der Waals surface area contributed by atoms with Gasteiger partial charge in [-0.1, -0.05) is 13.8 Å². The molecule has 1 heterocycles. The number of rotatable bonds is 1. The monoisotopic (exact) mass is 179 g/mol. The van der Waals surface area contributed by atoms with Gasteiger partial charge in [-0.05, 0) is 0 Å². The van der Waals surface area contributed by atoms with Crippen LogP contribution < -0.4 is 5.32 Å². The molecular formula is C7H11F2NO2. The Morgan fingerprint density at radius 2 is 2.08 bits per heavy atom. The zero-order valence-electron chi connectivity index (χ0n) is 6.90. The zero-order chi connectivity index (χ0) is 9.57. The van der Waals surface area contributed by atoms with Crippen molar-refractivity contribution in [2.75, 3.05) is 6.54 Å². The van der Waals surface area contributed by atoms with Crippen LogP contribution in [0.2, 0.25) is 0 Å². The average molecular weight is 179 g/mol. The number of carboxylic acids is 1. The van der Waals surface area contributed by atoms with Crippen LogP contribution in [0.25, 0.3) is 0 Å². The predicted octanol–water partition coefficient (Wildman–Crippen LogP) is 0.704. The van der Waals surface area contributed by atoms with E-state index in [2.05, 4.69) is 5.32 Å². The molecule has 70 valence electrons. The first kappa shape index (κ1) is 9.38. The summed E-state index contributed by atoms with van der Waals surface area (Å²) in [6.07, 6.45) is 0. The Morgan fingerprint density at radius 3 is 2.25 bits per heavy atom. The number of carboxylic acid groups (broad SMARTS) is 1. The van der Waals surface area contributed by atoms with Gasteiger partial charge in [0.15, 0.2) is 0 Å². The molecule has 0 unspecified atom stereocenters. The molecule has 0 aromatic rings. The summed E-state index contributed by atoms with van der Waals surface area (Å²) in [4.78, 5) is 10.5. The molecule has 3 nitrogen and oxygen atoms in total. The lowest BCUT2D eigenvalue weighted by molar-refractivity contribution is -0.146. The number of halogens is 2. The fraction of sp³-hybridized carbons (Fsp3) is 0.857. The summed E-state index contributed by atoms with van der Waals surface area (Å²) in [6, 6.07) is -1.16. The maximum atomic E-state index is 13.0. The molecule has 0 aromatic carbocycles. The van der Waals surface area contributed by atoms with Crippen molar-refractivity contribution in [1.82, 2.24) is 5.32 Å². The van der Waals surface area contributed by atoms with Gasteiger partial charge < -0.3 is 5.11 Å². The molecule has 1 rings (SSSR count). The van der Waals surface area contributed by atoms with Gasteiger partial charge in [-0.25, -0.2) is 8.78 Å². The number of hydrogen-bond donors (Lipinski definition) is 2. The smallest absolute Gasteiger partial charge is 0.321 e. The number of alkyl halides is 2. The second-order valence-corrected chi connectivity index (χ2v) is 3.58. The summed E-state index contributed by atoms with van der Waals surface area (Å²) in [5.74, 6) is -4.17. The Bertz CT molecular complexity index is 215. The summed E-state index contributed by atoms with van der Waals surface area (Å²) >= 11 is 0. The molecule has 0 aliphatic carbocycles. The van der Waals surface area contributed by atoms with Gasteiger partial charge in [0.2, 0.25) is 0 Å². The van der Waals surface area contributed by atoms with Crippen molar-refractivity contribution in [1.29, 1.82) is 0 Å². The van der Waals surface area contributed by atoms with E-state index < -0.39 is 29.9 Å². The lowest BCUT2D eigenvalue weighted by atomic mass is 9.82. The molecule has 5 heteroatoms. The van der Waals surface area contributed by atoms with Gasteiger partial charge in [0.25, 0.3) is 5.92 Å². The molecule has 1 saturated heterocycles. The van der Waals surface area contributed by atoms with Crippen molar-refractivity contribution >= 4 is 5.97 Å². The van der Waals surface area contributed by atoms with E-state index in [0.29, 0.717) is 0 Å². The number of nitrogens with one attached hydrogen (secondary N) is 1. The largest absolute Gasteiger partial charge is 0.480 e. The zero-order valence-corrected chi connectivity index (χ0v) is 6.90. The minimum atomic E-state index is -2.95. The first-order valence-electron chi connectivity index (χ1n) is 3.63. The van der Waals surface area contributed by atoms with Crippen molar-refractivity contribution in [2.24, 2.45) is 5.41 Å². The summed E-state index contributed by atoms with van der Waals surface area (Å²) in [6.45, 7) is 1.95. The number of aliphatic carboxylic acids is 1. The maximum absolute atomic E-state index is 13.0. The standard InChI is InChI=1S/C7H11F2NO2/c1-6(2)4(5(11)12)10-3-7(6,8)9/h4,10H,3H2,1-2H3,(H,11,12)/t4-/m1/s1. The van der Waals surface area contributed by atoms with Gasteiger partial charge >= 0.3 is 5.97 Å². The molecule has 0 radical (unpaired) electrons. The van der Waals surface area contributed by atoms with Crippen LogP contribution in [0.15, 0.2) is 0 Å².